The Balaban J connectivity index is 1.24. The molecule has 0 aromatic heterocycles. The van der Waals surface area contributed by atoms with Gasteiger partial charge >= 0.3 is 6.03 Å². The Labute approximate surface area is 161 Å². The molecule has 0 spiro atoms. The number of urea groups is 1. The highest BCUT2D eigenvalue weighted by Crippen LogP contribution is 2.26. The van der Waals surface area contributed by atoms with Crippen LogP contribution in [0, 0.1) is 5.92 Å². The first-order valence-corrected chi connectivity index (χ1v) is 10.3. The lowest BCUT2D eigenvalue weighted by atomic mass is 9.93. The number of likely N-dealkylation sites (tertiary alicyclic amines) is 2. The molecule has 3 fully saturated rings. The molecule has 1 aliphatic carbocycles. The third-order valence-electron chi connectivity index (χ3n) is 6.04. The number of hydrogen-bond acceptors (Lipinski definition) is 3. The molecule has 2 heterocycles. The van der Waals surface area contributed by atoms with E-state index in [-0.39, 0.29) is 17.9 Å². The smallest absolute Gasteiger partial charge is 0.321 e. The number of nitrogens with one attached hydrogen (secondary N) is 2. The molecule has 3 amide bonds. The fourth-order valence-corrected chi connectivity index (χ4v) is 4.26. The molecular formula is C21H30N4O2. The molecule has 1 aromatic rings. The van der Waals surface area contributed by atoms with Gasteiger partial charge in [0, 0.05) is 37.4 Å². The van der Waals surface area contributed by atoms with E-state index in [1.807, 2.05) is 35.2 Å². The van der Waals surface area contributed by atoms with Crippen molar-refractivity contribution >= 4 is 17.6 Å². The Morgan fingerprint density at radius 2 is 1.67 bits per heavy atom. The topological polar surface area (TPSA) is 64.7 Å². The minimum absolute atomic E-state index is 0.0139. The van der Waals surface area contributed by atoms with E-state index in [0.717, 1.165) is 70.4 Å². The summed E-state index contributed by atoms with van der Waals surface area (Å²) >= 11 is 0. The zero-order valence-corrected chi connectivity index (χ0v) is 15.9. The number of amides is 3. The molecule has 4 rings (SSSR count). The van der Waals surface area contributed by atoms with Crippen LogP contribution >= 0.6 is 0 Å². The van der Waals surface area contributed by atoms with E-state index in [9.17, 15) is 9.59 Å². The Morgan fingerprint density at radius 3 is 2.37 bits per heavy atom. The first-order valence-electron chi connectivity index (χ1n) is 10.3. The third-order valence-corrected chi connectivity index (χ3v) is 6.04. The van der Waals surface area contributed by atoms with Gasteiger partial charge in [-0.15, -0.1) is 0 Å². The van der Waals surface area contributed by atoms with Crippen LogP contribution < -0.4 is 10.6 Å². The van der Waals surface area contributed by atoms with E-state index in [1.54, 1.807) is 0 Å². The molecule has 0 unspecified atom stereocenters. The van der Waals surface area contributed by atoms with Gasteiger partial charge in [-0.25, -0.2) is 4.79 Å². The van der Waals surface area contributed by atoms with E-state index in [4.69, 9.17) is 0 Å². The third kappa shape index (κ3) is 4.80. The Kier molecular flexibility index (Phi) is 5.62. The summed E-state index contributed by atoms with van der Waals surface area (Å²) in [5, 5.41) is 6.14. The van der Waals surface area contributed by atoms with Crippen molar-refractivity contribution in [1.29, 1.82) is 0 Å². The van der Waals surface area contributed by atoms with Crippen LogP contribution in [0.5, 0.6) is 0 Å². The number of para-hydroxylation sites is 1. The number of carbonyl (C=O) groups excluding carboxylic acids is 2. The monoisotopic (exact) mass is 370 g/mol. The van der Waals surface area contributed by atoms with Crippen LogP contribution in [0.2, 0.25) is 0 Å². The Hall–Kier alpha value is -2.08. The molecular weight excluding hydrogens is 340 g/mol. The van der Waals surface area contributed by atoms with Gasteiger partial charge in [-0.3, -0.25) is 9.69 Å². The van der Waals surface area contributed by atoms with Crippen molar-refractivity contribution in [2.75, 3.05) is 31.5 Å². The normalized spacial score (nSPS) is 24.4. The standard InChI is InChI=1S/C21H30N4O2/c26-20(22-18-8-9-18)16-5-4-12-25(15-16)19-10-13-24(14-11-19)21(27)23-17-6-2-1-3-7-17/h1-3,6-7,16,18-19H,4-5,8-15H2,(H,22,26)(H,23,27)/t16-/m1/s1. The van der Waals surface area contributed by atoms with Crippen LogP contribution in [-0.4, -0.2) is 60.0 Å². The molecule has 146 valence electrons. The number of carbonyl (C=O) groups is 2. The predicted octanol–water partition coefficient (Wildman–Crippen LogP) is 2.67. The second-order valence-corrected chi connectivity index (χ2v) is 8.13. The lowest BCUT2D eigenvalue weighted by molar-refractivity contribution is -0.127. The molecule has 6 nitrogen and oxygen atoms in total. The van der Waals surface area contributed by atoms with E-state index in [1.165, 1.54) is 0 Å². The van der Waals surface area contributed by atoms with Crippen molar-refractivity contribution in [1.82, 2.24) is 15.1 Å². The average Bonchev–Trinajstić information content (AvgIpc) is 3.53. The largest absolute Gasteiger partial charge is 0.353 e. The second-order valence-electron chi connectivity index (χ2n) is 8.13. The molecule has 1 aromatic carbocycles. The number of anilines is 1. The Morgan fingerprint density at radius 1 is 0.926 bits per heavy atom. The molecule has 27 heavy (non-hydrogen) atoms. The number of piperidine rings is 2. The summed E-state index contributed by atoms with van der Waals surface area (Å²) in [4.78, 5) is 29.2. The van der Waals surface area contributed by atoms with Crippen LogP contribution in [0.15, 0.2) is 30.3 Å². The van der Waals surface area contributed by atoms with Crippen molar-refractivity contribution in [2.45, 2.75) is 50.6 Å². The highest BCUT2D eigenvalue weighted by molar-refractivity contribution is 5.89. The van der Waals surface area contributed by atoms with Gasteiger partial charge in [-0.05, 0) is 57.2 Å². The van der Waals surface area contributed by atoms with Crippen LogP contribution in [0.1, 0.15) is 38.5 Å². The summed E-state index contributed by atoms with van der Waals surface area (Å²) in [6.07, 6.45) is 6.36. The summed E-state index contributed by atoms with van der Waals surface area (Å²) < 4.78 is 0. The molecule has 0 bridgehead atoms. The van der Waals surface area contributed by atoms with Gasteiger partial charge in [-0.1, -0.05) is 18.2 Å². The lowest BCUT2D eigenvalue weighted by Gasteiger charge is -2.42. The molecule has 2 aliphatic heterocycles. The SMILES string of the molecule is O=C(NC1CC1)[C@@H]1CCCN(C2CCN(C(=O)Nc3ccccc3)CC2)C1. The molecule has 3 aliphatic rings. The minimum Gasteiger partial charge on any atom is -0.353 e. The summed E-state index contributed by atoms with van der Waals surface area (Å²) in [7, 11) is 0. The van der Waals surface area contributed by atoms with Crippen LogP contribution in [0.25, 0.3) is 0 Å². The van der Waals surface area contributed by atoms with Crippen molar-refractivity contribution in [3.05, 3.63) is 30.3 Å². The molecule has 1 atom stereocenters. The predicted molar refractivity (Wildman–Crippen MR) is 106 cm³/mol. The van der Waals surface area contributed by atoms with Gasteiger partial charge in [0.05, 0.1) is 5.92 Å². The summed E-state index contributed by atoms with van der Waals surface area (Å²) in [6, 6.07) is 10.5. The zero-order chi connectivity index (χ0) is 18.6. The van der Waals surface area contributed by atoms with Gasteiger partial charge in [0.2, 0.25) is 5.91 Å². The summed E-state index contributed by atoms with van der Waals surface area (Å²) in [5.74, 6) is 0.389. The maximum Gasteiger partial charge on any atom is 0.321 e. The first-order chi connectivity index (χ1) is 13.2. The first kappa shape index (κ1) is 18.3. The van der Waals surface area contributed by atoms with Gasteiger partial charge in [0.25, 0.3) is 0 Å². The molecule has 6 heteroatoms. The number of nitrogens with zero attached hydrogens (tertiary/aromatic N) is 2. The quantitative estimate of drug-likeness (QED) is 0.856. The molecule has 1 saturated carbocycles. The fourth-order valence-electron chi connectivity index (χ4n) is 4.26. The van der Waals surface area contributed by atoms with Gasteiger partial charge in [-0.2, -0.15) is 0 Å². The summed E-state index contributed by atoms with van der Waals surface area (Å²) in [6.45, 7) is 3.51. The zero-order valence-electron chi connectivity index (χ0n) is 15.9. The van der Waals surface area contributed by atoms with Crippen molar-refractivity contribution in [3.8, 4) is 0 Å². The number of rotatable bonds is 4. The Bertz CT molecular complexity index is 653. The highest BCUT2D eigenvalue weighted by atomic mass is 16.2. The van der Waals surface area contributed by atoms with Crippen molar-refractivity contribution in [3.63, 3.8) is 0 Å². The lowest BCUT2D eigenvalue weighted by Crippen LogP contribution is -2.52. The minimum atomic E-state index is -0.0139. The van der Waals surface area contributed by atoms with Gasteiger partial charge in [0.15, 0.2) is 0 Å². The van der Waals surface area contributed by atoms with Crippen molar-refractivity contribution < 1.29 is 9.59 Å². The number of benzene rings is 1. The second kappa shape index (κ2) is 8.30. The highest BCUT2D eigenvalue weighted by Gasteiger charge is 2.34. The summed E-state index contributed by atoms with van der Waals surface area (Å²) in [5.41, 5.74) is 0.838. The fraction of sp³-hybridized carbons (Fsp3) is 0.619. The van der Waals surface area contributed by atoms with Gasteiger partial charge in [0.1, 0.15) is 0 Å². The van der Waals surface area contributed by atoms with Crippen LogP contribution in [-0.2, 0) is 4.79 Å². The molecule has 2 saturated heterocycles. The molecule has 0 radical (unpaired) electrons. The maximum absolute atomic E-state index is 12.4. The van der Waals surface area contributed by atoms with E-state index in [0.29, 0.717) is 12.1 Å². The molecule has 2 N–H and O–H groups in total. The maximum atomic E-state index is 12.4. The van der Waals surface area contributed by atoms with E-state index >= 15 is 0 Å². The number of hydrogen-bond donors (Lipinski definition) is 2. The van der Waals surface area contributed by atoms with E-state index < -0.39 is 0 Å². The average molecular weight is 370 g/mol. The van der Waals surface area contributed by atoms with Crippen molar-refractivity contribution in [2.24, 2.45) is 5.92 Å². The van der Waals surface area contributed by atoms with Crippen LogP contribution in [0.4, 0.5) is 10.5 Å². The van der Waals surface area contributed by atoms with E-state index in [2.05, 4.69) is 15.5 Å². The van der Waals surface area contributed by atoms with Crippen LogP contribution in [0.3, 0.4) is 0 Å². The van der Waals surface area contributed by atoms with Gasteiger partial charge < -0.3 is 15.5 Å².